The maximum atomic E-state index is 12.4. The molecule has 238 valence electrons. The van der Waals surface area contributed by atoms with Crippen molar-refractivity contribution in [1.82, 2.24) is 10.6 Å². The first-order valence-electron chi connectivity index (χ1n) is 15.3. The van der Waals surface area contributed by atoms with Crippen molar-refractivity contribution in [3.63, 3.8) is 0 Å². The summed E-state index contributed by atoms with van der Waals surface area (Å²) in [5.74, 6) is 0.732. The van der Waals surface area contributed by atoms with E-state index in [0.717, 1.165) is 25.7 Å². The van der Waals surface area contributed by atoms with Gasteiger partial charge >= 0.3 is 11.9 Å². The smallest absolute Gasteiger partial charge is 0.328 e. The van der Waals surface area contributed by atoms with Crippen molar-refractivity contribution in [3.8, 4) is 0 Å². The first kappa shape index (κ1) is 41.2. The van der Waals surface area contributed by atoms with Gasteiger partial charge in [-0.25, -0.2) is 4.79 Å². The molecule has 0 fully saturated rings. The Balaban J connectivity index is 0. The molecule has 0 saturated carbocycles. The van der Waals surface area contributed by atoms with E-state index in [1.54, 1.807) is 28.6 Å². The van der Waals surface area contributed by atoms with Gasteiger partial charge in [-0.15, -0.1) is 0 Å². The molecule has 0 aliphatic heterocycles. The fraction of sp³-hybridized carbons (Fsp3) is 0.900. The average Bonchev–Trinajstić information content (AvgIpc) is 2.98. The Hall–Kier alpha value is -0.970. The summed E-state index contributed by atoms with van der Waals surface area (Å²) in [6.45, 7) is 2.27. The summed E-state index contributed by atoms with van der Waals surface area (Å²) < 4.78 is 9.64. The minimum Gasteiger partial charge on any atom is -0.468 e. The molecule has 0 heterocycles. The number of methoxy groups -OCH3 is 2. The first-order chi connectivity index (χ1) is 19.5. The zero-order valence-corrected chi connectivity index (χ0v) is 27.7. The highest BCUT2D eigenvalue weighted by atomic mass is 33.1. The maximum absolute atomic E-state index is 12.4. The van der Waals surface area contributed by atoms with E-state index in [0.29, 0.717) is 25.0 Å². The zero-order valence-electron chi connectivity index (χ0n) is 26.1. The Labute approximate surface area is 253 Å². The Kier molecular flexibility index (Phi) is 33.5. The zero-order chi connectivity index (χ0) is 30.3. The SMILES string of the molecule is CCCCCCCCCCCCCCCCCC(=O)NC(CCSSCCC(NC)C(=O)OC)C(=O)OC.CO. The lowest BCUT2D eigenvalue weighted by Crippen LogP contribution is -2.41. The molecule has 0 aromatic heterocycles. The number of aliphatic hydroxyl groups excluding tert-OH is 1. The molecule has 0 aromatic rings. The lowest BCUT2D eigenvalue weighted by molar-refractivity contribution is -0.145. The van der Waals surface area contributed by atoms with Crippen molar-refractivity contribution in [1.29, 1.82) is 0 Å². The minimum absolute atomic E-state index is 0.0808. The van der Waals surface area contributed by atoms with Gasteiger partial charge in [0.2, 0.25) is 5.91 Å². The van der Waals surface area contributed by atoms with Crippen molar-refractivity contribution < 1.29 is 29.0 Å². The molecule has 2 atom stereocenters. The topological polar surface area (TPSA) is 114 Å². The molecule has 1 amide bonds. The molecule has 40 heavy (non-hydrogen) atoms. The molecule has 0 saturated heterocycles. The van der Waals surface area contributed by atoms with Crippen LogP contribution in [-0.2, 0) is 23.9 Å². The van der Waals surface area contributed by atoms with Crippen LogP contribution >= 0.6 is 21.6 Å². The molecule has 0 bridgehead atoms. The second kappa shape index (κ2) is 32.5. The van der Waals surface area contributed by atoms with Crippen LogP contribution < -0.4 is 10.6 Å². The number of hydrogen-bond donors (Lipinski definition) is 3. The molecule has 0 aliphatic rings. The van der Waals surface area contributed by atoms with E-state index in [2.05, 4.69) is 17.6 Å². The lowest BCUT2D eigenvalue weighted by Gasteiger charge is -2.16. The van der Waals surface area contributed by atoms with E-state index in [9.17, 15) is 14.4 Å². The number of rotatable bonds is 27. The fourth-order valence-electron chi connectivity index (χ4n) is 4.29. The number of carbonyl (C=O) groups is 3. The molecule has 0 radical (unpaired) electrons. The van der Waals surface area contributed by atoms with Crippen LogP contribution in [0.4, 0.5) is 0 Å². The third-order valence-corrected chi connectivity index (χ3v) is 9.20. The van der Waals surface area contributed by atoms with Crippen LogP contribution in [-0.4, -0.2) is 74.9 Å². The van der Waals surface area contributed by atoms with Gasteiger partial charge in [0.25, 0.3) is 0 Å². The monoisotopic (exact) mass is 608 g/mol. The van der Waals surface area contributed by atoms with Crippen molar-refractivity contribution in [3.05, 3.63) is 0 Å². The van der Waals surface area contributed by atoms with E-state index < -0.39 is 12.0 Å². The highest BCUT2D eigenvalue weighted by Crippen LogP contribution is 2.24. The molecule has 10 heteroatoms. The fourth-order valence-corrected chi connectivity index (χ4v) is 6.47. The first-order valence-corrected chi connectivity index (χ1v) is 17.8. The van der Waals surface area contributed by atoms with Gasteiger partial charge in [0.05, 0.1) is 14.2 Å². The van der Waals surface area contributed by atoms with Crippen LogP contribution in [0.15, 0.2) is 0 Å². The Bertz CT molecular complexity index is 599. The number of unbranched alkanes of at least 4 members (excludes halogenated alkanes) is 14. The molecule has 3 N–H and O–H groups in total. The predicted octanol–water partition coefficient (Wildman–Crippen LogP) is 6.44. The van der Waals surface area contributed by atoms with Gasteiger partial charge in [-0.3, -0.25) is 9.59 Å². The van der Waals surface area contributed by atoms with E-state index >= 15 is 0 Å². The van der Waals surface area contributed by atoms with E-state index in [4.69, 9.17) is 14.6 Å². The number of likely N-dealkylation sites (N-methyl/N-ethyl adjacent to an activating group) is 1. The Morgan fingerprint density at radius 2 is 1.02 bits per heavy atom. The van der Waals surface area contributed by atoms with Gasteiger partial charge in [-0.05, 0) is 26.3 Å². The van der Waals surface area contributed by atoms with Crippen LogP contribution in [0.3, 0.4) is 0 Å². The minimum atomic E-state index is -0.614. The molecule has 0 rings (SSSR count). The summed E-state index contributed by atoms with van der Waals surface area (Å²) in [6, 6.07) is -0.924. The standard InChI is InChI=1S/C29H56N2O5S2.CH4O/c1-5-6-7-8-9-10-11-12-13-14-15-16-17-18-19-20-27(32)31-26(29(34)36-4)22-24-38-37-23-21-25(30-2)28(33)35-3;1-2/h25-26,30H,5-24H2,1-4H3,(H,31,32);2H,1H3. The number of aliphatic hydroxyl groups is 1. The van der Waals surface area contributed by atoms with Crippen LogP contribution in [0.1, 0.15) is 122 Å². The molecule has 8 nitrogen and oxygen atoms in total. The Morgan fingerprint density at radius 1 is 0.650 bits per heavy atom. The van der Waals surface area contributed by atoms with Crippen molar-refractivity contribution in [2.24, 2.45) is 0 Å². The van der Waals surface area contributed by atoms with E-state index in [1.165, 1.54) is 97.7 Å². The summed E-state index contributed by atoms with van der Waals surface area (Å²) in [6.07, 6.45) is 21.0. The molecular weight excluding hydrogens is 548 g/mol. The van der Waals surface area contributed by atoms with Crippen molar-refractivity contribution in [2.75, 3.05) is 39.9 Å². The van der Waals surface area contributed by atoms with Gasteiger partial charge in [-0.1, -0.05) is 118 Å². The lowest BCUT2D eigenvalue weighted by atomic mass is 10.0. The molecule has 0 spiro atoms. The van der Waals surface area contributed by atoms with Gasteiger partial charge in [-0.2, -0.15) is 0 Å². The number of carbonyl (C=O) groups excluding carboxylic acids is 3. The Morgan fingerprint density at radius 3 is 1.43 bits per heavy atom. The van der Waals surface area contributed by atoms with Gasteiger partial charge in [0.1, 0.15) is 12.1 Å². The number of esters is 2. The van der Waals surface area contributed by atoms with Crippen LogP contribution in [0.25, 0.3) is 0 Å². The number of amides is 1. The molecule has 0 aliphatic carbocycles. The van der Waals surface area contributed by atoms with Gasteiger partial charge in [0.15, 0.2) is 0 Å². The summed E-state index contributed by atoms with van der Waals surface area (Å²) in [5.41, 5.74) is 0. The maximum Gasteiger partial charge on any atom is 0.328 e. The summed E-state index contributed by atoms with van der Waals surface area (Å²) in [4.78, 5) is 36.1. The summed E-state index contributed by atoms with van der Waals surface area (Å²) >= 11 is 0. The molecular formula is C30H60N2O6S2. The third-order valence-electron chi connectivity index (χ3n) is 6.73. The number of nitrogens with one attached hydrogen (secondary N) is 2. The third kappa shape index (κ3) is 26.0. The van der Waals surface area contributed by atoms with E-state index in [1.807, 2.05) is 0 Å². The molecule has 0 aromatic carbocycles. The van der Waals surface area contributed by atoms with Gasteiger partial charge in [0, 0.05) is 25.0 Å². The van der Waals surface area contributed by atoms with Gasteiger partial charge < -0.3 is 25.2 Å². The highest BCUT2D eigenvalue weighted by Gasteiger charge is 2.21. The largest absolute Gasteiger partial charge is 0.468 e. The normalized spacial score (nSPS) is 12.2. The summed E-state index contributed by atoms with van der Waals surface area (Å²) in [7, 11) is 8.74. The number of ether oxygens (including phenoxy) is 2. The average molecular weight is 609 g/mol. The van der Waals surface area contributed by atoms with Crippen LogP contribution in [0.5, 0.6) is 0 Å². The van der Waals surface area contributed by atoms with Crippen LogP contribution in [0.2, 0.25) is 0 Å². The highest BCUT2D eigenvalue weighted by molar-refractivity contribution is 8.76. The second-order valence-electron chi connectivity index (χ2n) is 9.93. The quantitative estimate of drug-likeness (QED) is 0.0551. The molecule has 2 unspecified atom stereocenters. The number of hydrogen-bond acceptors (Lipinski definition) is 9. The predicted molar refractivity (Wildman–Crippen MR) is 171 cm³/mol. The van der Waals surface area contributed by atoms with Crippen molar-refractivity contribution >= 4 is 39.4 Å². The van der Waals surface area contributed by atoms with E-state index in [-0.39, 0.29) is 17.9 Å². The second-order valence-corrected chi connectivity index (χ2v) is 12.6. The van der Waals surface area contributed by atoms with Crippen LogP contribution in [0, 0.1) is 0 Å². The summed E-state index contributed by atoms with van der Waals surface area (Å²) in [5, 5.41) is 12.8. The van der Waals surface area contributed by atoms with Crippen molar-refractivity contribution in [2.45, 2.75) is 135 Å².